The summed E-state index contributed by atoms with van der Waals surface area (Å²) in [4.78, 5) is 253. The van der Waals surface area contributed by atoms with Crippen LogP contribution in [-0.4, -0.2) is 281 Å². The number of fused-ring (bicyclic) bond motifs is 5. The molecule has 117 heavy (non-hydrogen) atoms. The van der Waals surface area contributed by atoms with Crippen molar-refractivity contribution in [1.29, 1.82) is 0 Å². The Morgan fingerprint density at radius 1 is 0.795 bits per heavy atom. The van der Waals surface area contributed by atoms with Crippen LogP contribution in [0.15, 0.2) is 59.6 Å². The summed E-state index contributed by atoms with van der Waals surface area (Å²) in [6.45, 7) is 4.34. The number of thioether (sulfide) groups is 1. The van der Waals surface area contributed by atoms with Crippen LogP contribution in [0.25, 0.3) is 10.9 Å². The normalized spacial score (nSPS) is 21.5. The number of imide groups is 1. The molecule has 7 rings (SSSR count). The van der Waals surface area contributed by atoms with Gasteiger partial charge in [0.1, 0.15) is 61.2 Å². The third-order valence-electron chi connectivity index (χ3n) is 20.6. The lowest BCUT2D eigenvalue weighted by molar-refractivity contribution is -0.148. The summed E-state index contributed by atoms with van der Waals surface area (Å²) in [6, 6.07) is -0.289. The highest BCUT2D eigenvalue weighted by Crippen LogP contribution is 2.37. The van der Waals surface area contributed by atoms with E-state index in [4.69, 9.17) is 19.9 Å². The fourth-order valence-electron chi connectivity index (χ4n) is 13.5. The largest absolute Gasteiger partial charge is 0.497 e. The summed E-state index contributed by atoms with van der Waals surface area (Å²) < 4.78 is 21.5. The Morgan fingerprint density at radius 3 is 2.13 bits per heavy atom. The predicted octanol–water partition coefficient (Wildman–Crippen LogP) is -1.25. The van der Waals surface area contributed by atoms with Gasteiger partial charge in [-0.15, -0.1) is 11.8 Å². The zero-order valence-corrected chi connectivity index (χ0v) is 66.9. The van der Waals surface area contributed by atoms with E-state index in [2.05, 4.69) is 57.6 Å². The fraction of sp³-hybridized carbons (Fsp3) is 0.553. The number of hydrogen-bond donors (Lipinski definition) is 14. The highest BCUT2D eigenvalue weighted by molar-refractivity contribution is 7.99. The first-order valence-electron chi connectivity index (χ1n) is 38.1. The number of aliphatic hydroxyl groups excluding tert-OH is 2. The van der Waals surface area contributed by atoms with E-state index in [1.54, 1.807) is 45.9 Å². The monoisotopic (exact) mass is 1660 g/mol. The number of urea groups is 1. The van der Waals surface area contributed by atoms with Crippen LogP contribution in [0.3, 0.4) is 0 Å². The van der Waals surface area contributed by atoms with Gasteiger partial charge in [0.05, 0.1) is 67.9 Å². The molecule has 4 aliphatic heterocycles. The number of Topliss-reactive ketones (excluding diaryl/α,β-unsaturated/α-hetero) is 3. The molecule has 2 bridgehead atoms. The number of nitrogens with zero attached hydrogens (tertiary/aromatic N) is 4. The Bertz CT molecular complexity index is 4200. The van der Waals surface area contributed by atoms with Crippen molar-refractivity contribution in [3.8, 4) is 5.75 Å². The number of H-pyrrole nitrogens is 1. The number of nitrogens with one attached hydrogen (secondary N) is 10. The number of benzene rings is 2. The number of carboxylic acids is 1. The second kappa shape index (κ2) is 43.9. The number of aromatic nitrogens is 1. The number of amides is 14. The first kappa shape index (κ1) is 92.6. The summed E-state index contributed by atoms with van der Waals surface area (Å²) >= 11 is 0.993. The molecule has 14 amide bonds. The van der Waals surface area contributed by atoms with Gasteiger partial charge in [-0.1, -0.05) is 53.2 Å². The van der Waals surface area contributed by atoms with E-state index in [9.17, 15) is 87.2 Å². The van der Waals surface area contributed by atoms with Crippen LogP contribution in [0, 0.1) is 29.6 Å². The van der Waals surface area contributed by atoms with Crippen LogP contribution in [0.4, 0.5) is 20.1 Å². The molecular formula is C76H103N15O25S. The summed E-state index contributed by atoms with van der Waals surface area (Å²) in [5, 5.41) is 56.0. The molecule has 15 N–H and O–H groups in total. The molecule has 4 aliphatic rings. The number of hydrogen-bond acceptors (Lipinski definition) is 26. The van der Waals surface area contributed by atoms with E-state index < -0.39 is 243 Å². The molecule has 1 aromatic heterocycles. The van der Waals surface area contributed by atoms with Gasteiger partial charge in [0.25, 0.3) is 18.3 Å². The van der Waals surface area contributed by atoms with E-state index in [1.165, 1.54) is 52.4 Å². The van der Waals surface area contributed by atoms with Crippen LogP contribution in [0.2, 0.25) is 0 Å². The van der Waals surface area contributed by atoms with Crippen LogP contribution in [-0.2, 0) is 99.2 Å². The van der Waals surface area contributed by atoms with E-state index in [0.29, 0.717) is 44.1 Å². The molecule has 41 heteroatoms. The van der Waals surface area contributed by atoms with Gasteiger partial charge >= 0.3 is 24.2 Å². The van der Waals surface area contributed by atoms with Crippen LogP contribution in [0.5, 0.6) is 5.75 Å². The molecule has 2 unspecified atom stereocenters. The molecule has 0 saturated carbocycles. The van der Waals surface area contributed by atoms with Gasteiger partial charge in [0.2, 0.25) is 47.3 Å². The number of carbonyl (C=O) groups excluding carboxylic acids is 17. The SMILES string of the molecule is CC[C@H](C)[C@H]1NC(=O)CCC(=O)[C@H]2CC(=O)[C@@H]([C@@H](C)[C@@H](O)CO)NC(=O)C3C[C@H](OC(=O)N(C)CCN(C)C(=O)OCc4ccc(NC(=O)[C@H](CCCNC(N)=O)NC(=O)[C@@H](NC(=O)C(CNCOC=O)N5C(=O)C=CC5=O)C(C)C)cc4)CN3C(=O)[C@H](CC(=O)O)CC(=O)[C@H](CSc3[nH]c4cc(OC)ccc4c3C2)NC(=O)CNC1=O. The minimum Gasteiger partial charge on any atom is -0.497 e. The van der Waals surface area contributed by atoms with Crippen molar-refractivity contribution < 1.29 is 121 Å². The Kier molecular flexibility index (Phi) is 34.8. The van der Waals surface area contributed by atoms with Crippen LogP contribution >= 0.6 is 11.8 Å². The Morgan fingerprint density at radius 2 is 1.49 bits per heavy atom. The summed E-state index contributed by atoms with van der Waals surface area (Å²) in [6.07, 6.45) is -6.92. The van der Waals surface area contributed by atoms with E-state index in [1.807, 2.05) is 0 Å². The van der Waals surface area contributed by atoms with Gasteiger partial charge in [-0.25, -0.2) is 14.4 Å². The first-order valence-corrected chi connectivity index (χ1v) is 39.1. The standard InChI is InChI=1S/C76H103N15O25S/c1-9-40(4)65-70(107)80-32-60(99)82-52-36-117-72-49(48-17-16-46(113-8)29-51(48)84-72)25-43(55(94)18-19-59(98)85-65)26-57(96)66(41(5)58(97)34-92)87-68(105)53-30-47(33-90(53)73(109)44(27-56(52)95)28-63(102)103)116-76(112)89(7)24-23-88(6)75(111)115-35-42-12-14-45(15-13-42)81-67(104)50(11-10-22-79-74(77)110)83-71(108)64(39(2)3)86-69(106)54(31-78-37-114-38-93)91-61(100)20-21-62(91)101/h12-17,20-21,29,38-41,43-44,47,50,52-54,58,64-66,78,84,92,97H,9-11,18-19,22-28,30-37H2,1-8H3,(H,80,107)(H,81,104)(H,82,99)(H,83,108)(H,85,98)(H,86,106)(H,87,105)(H,102,103)(H3,77,79,110)/t40-,41-,43+,44-,47-,50-,52-,53?,54?,58-,64-,65+,66+/m0/s1. The van der Waals surface area contributed by atoms with Crippen LogP contribution in [0.1, 0.15) is 104 Å². The number of anilines is 1. The minimum absolute atomic E-state index is 0.00275. The minimum atomic E-state index is -1.79. The zero-order chi connectivity index (χ0) is 86.1. The van der Waals surface area contributed by atoms with E-state index >= 15 is 14.4 Å². The number of ketones is 3. The lowest BCUT2D eigenvalue weighted by atomic mass is 9.83. The predicted molar refractivity (Wildman–Crippen MR) is 414 cm³/mol. The number of carboxylic acid groups (broad SMARTS) is 1. The van der Waals surface area contributed by atoms with Crippen molar-refractivity contribution in [2.45, 2.75) is 165 Å². The van der Waals surface area contributed by atoms with E-state index in [-0.39, 0.29) is 76.7 Å². The third-order valence-corrected chi connectivity index (χ3v) is 21.7. The van der Waals surface area contributed by atoms with Gasteiger partial charge in [-0.05, 0) is 66.5 Å². The van der Waals surface area contributed by atoms with Crippen molar-refractivity contribution in [1.82, 2.24) is 67.1 Å². The quantitative estimate of drug-likeness (QED) is 0.0118. The number of aliphatic hydroxyl groups is 2. The molecule has 0 aliphatic carbocycles. The zero-order valence-electron chi connectivity index (χ0n) is 66.1. The fourth-order valence-corrected chi connectivity index (χ4v) is 14.6. The summed E-state index contributed by atoms with van der Waals surface area (Å²) in [5.41, 5.74) is 6.78. The molecular weight excluding hydrogens is 1550 g/mol. The Balaban J connectivity index is 1.06. The maximum atomic E-state index is 15.2. The molecule has 0 radical (unpaired) electrons. The van der Waals surface area contributed by atoms with Crippen molar-refractivity contribution in [3.05, 3.63) is 65.7 Å². The van der Waals surface area contributed by atoms with Crippen molar-refractivity contribution in [2.24, 2.45) is 35.3 Å². The van der Waals surface area contributed by atoms with Gasteiger partial charge in [-0.2, -0.15) is 0 Å². The average molecular weight is 1660 g/mol. The van der Waals surface area contributed by atoms with Crippen molar-refractivity contribution in [3.63, 3.8) is 0 Å². The topological polar surface area (TPSA) is 568 Å². The van der Waals surface area contributed by atoms with Gasteiger partial charge < -0.3 is 102 Å². The number of nitrogens with two attached hydrogens (primary N) is 1. The molecule has 40 nitrogen and oxygen atoms in total. The molecule has 638 valence electrons. The number of ether oxygens (including phenoxy) is 4. The molecule has 13 atom stereocenters. The number of carbonyl (C=O) groups is 18. The molecule has 2 aromatic carbocycles. The first-order chi connectivity index (χ1) is 55.6. The summed E-state index contributed by atoms with van der Waals surface area (Å²) in [7, 11) is 4.10. The third kappa shape index (κ3) is 26.2. The number of methoxy groups -OCH3 is 1. The Hall–Kier alpha value is -11.6. The van der Waals surface area contributed by atoms with E-state index in [0.717, 1.165) is 38.6 Å². The van der Waals surface area contributed by atoms with Gasteiger partial charge in [0, 0.05) is 119 Å². The second-order valence-electron chi connectivity index (χ2n) is 29.3. The van der Waals surface area contributed by atoms with Gasteiger partial charge in [-0.3, -0.25) is 82.1 Å². The maximum absolute atomic E-state index is 15.2. The molecule has 3 aromatic rings. The number of primary amides is 1. The molecule has 0 spiro atoms. The smallest absolute Gasteiger partial charge is 0.409 e. The molecule has 1 saturated heterocycles. The van der Waals surface area contributed by atoms with Gasteiger partial charge in [0.15, 0.2) is 11.6 Å². The van der Waals surface area contributed by atoms with Crippen LogP contribution < -0.4 is 58.3 Å². The maximum Gasteiger partial charge on any atom is 0.409 e. The lowest BCUT2D eigenvalue weighted by Crippen LogP contribution is -2.60. The highest BCUT2D eigenvalue weighted by Gasteiger charge is 2.47. The second-order valence-corrected chi connectivity index (χ2v) is 30.4. The lowest BCUT2D eigenvalue weighted by Gasteiger charge is -2.32. The van der Waals surface area contributed by atoms with Crippen molar-refractivity contribution >= 4 is 135 Å². The number of rotatable bonds is 31. The number of aliphatic carboxylic acids is 1. The average Bonchev–Trinajstić information content (AvgIpc) is 1.66. The number of likely N-dealkylation sites (N-methyl/N-ethyl adjacent to an activating group) is 2. The highest BCUT2D eigenvalue weighted by atomic mass is 32.2. The Labute approximate surface area is 676 Å². The molecule has 1 fully saturated rings. The number of aromatic amines is 1. The van der Waals surface area contributed by atoms with Crippen molar-refractivity contribution in [2.75, 3.05) is 84.9 Å². The summed E-state index contributed by atoms with van der Waals surface area (Å²) in [5.74, 6) is -18.1. The molecule has 5 heterocycles.